The van der Waals surface area contributed by atoms with Crippen LogP contribution in [0.15, 0.2) is 85.1 Å². The molecule has 0 aromatic carbocycles. The zero-order chi connectivity index (χ0) is 46.7. The molecule has 18 nitrogen and oxygen atoms in total. The molecule has 2 saturated heterocycles. The van der Waals surface area contributed by atoms with E-state index in [1.165, 1.54) is 6.08 Å². The summed E-state index contributed by atoms with van der Waals surface area (Å²) in [7, 11) is 0. The first kappa shape index (κ1) is 53.9. The number of nitrogens with two attached hydrogens (primary N) is 1. The predicted octanol–water partition coefficient (Wildman–Crippen LogP) is 0.0772. The number of carboxylic acids is 1. The fourth-order valence-electron chi connectivity index (χ4n) is 7.49. The van der Waals surface area contributed by atoms with E-state index in [0.717, 1.165) is 0 Å². The molecule has 3 aliphatic rings. The Balaban J connectivity index is 1.83. The van der Waals surface area contributed by atoms with Crippen molar-refractivity contribution >= 4 is 11.9 Å². The molecule has 0 radical (unpaired) electrons. The summed E-state index contributed by atoms with van der Waals surface area (Å²) in [6, 6.07) is -1.12. The van der Waals surface area contributed by atoms with Gasteiger partial charge in [0.1, 0.15) is 18.1 Å². The number of fused-ring (bicyclic) bond motifs is 2. The van der Waals surface area contributed by atoms with Crippen LogP contribution in [0.2, 0.25) is 0 Å². The number of carbonyl (C=O) groups is 2. The number of carboxylic acid groups (broad SMARTS) is 1. The number of rotatable bonds is 3. The molecule has 2 fully saturated rings. The molecule has 13 N–H and O–H groups in total. The van der Waals surface area contributed by atoms with Gasteiger partial charge in [0.15, 0.2) is 12.1 Å². The lowest BCUT2D eigenvalue weighted by molar-refractivity contribution is -0.305. The van der Waals surface area contributed by atoms with Gasteiger partial charge in [-0.25, -0.2) is 0 Å². The van der Waals surface area contributed by atoms with E-state index < -0.39 is 135 Å². The van der Waals surface area contributed by atoms with Crippen LogP contribution in [0.5, 0.6) is 0 Å². The highest BCUT2D eigenvalue weighted by Gasteiger charge is 2.50. The Kier molecular flexibility index (Phi) is 23.2. The Labute approximate surface area is 368 Å². The molecule has 3 heterocycles. The van der Waals surface area contributed by atoms with Crippen molar-refractivity contribution in [2.24, 2.45) is 17.6 Å². The van der Waals surface area contributed by atoms with Crippen LogP contribution in [0.1, 0.15) is 71.6 Å². The second kappa shape index (κ2) is 27.1. The van der Waals surface area contributed by atoms with Crippen molar-refractivity contribution < 1.29 is 84.7 Å². The number of allylic oxidation sites excluding steroid dienone is 12. The molecule has 356 valence electrons. The fraction of sp³-hybridized carbons (Fsp3) is 0.644. The zero-order valence-electron chi connectivity index (χ0n) is 35.8. The molecule has 17 atom stereocenters. The quantitative estimate of drug-likeness (QED) is 0.167. The second-order valence-electron chi connectivity index (χ2n) is 16.7. The Hall–Kier alpha value is -3.44. The van der Waals surface area contributed by atoms with Crippen LogP contribution in [0, 0.1) is 11.8 Å². The third-order valence-electron chi connectivity index (χ3n) is 11.1. The van der Waals surface area contributed by atoms with Crippen molar-refractivity contribution in [3.05, 3.63) is 85.1 Å². The Morgan fingerprint density at radius 1 is 0.683 bits per heavy atom. The molecule has 0 aromatic heterocycles. The van der Waals surface area contributed by atoms with Gasteiger partial charge in [-0.2, -0.15) is 0 Å². The van der Waals surface area contributed by atoms with Gasteiger partial charge in [-0.05, 0) is 26.2 Å². The van der Waals surface area contributed by atoms with Crippen molar-refractivity contribution in [1.82, 2.24) is 0 Å². The number of aliphatic hydroxyl groups excluding tert-OH is 9. The maximum atomic E-state index is 12.5. The van der Waals surface area contributed by atoms with Crippen LogP contribution < -0.4 is 5.73 Å². The minimum Gasteiger partial charge on any atom is -0.481 e. The number of esters is 1. The summed E-state index contributed by atoms with van der Waals surface area (Å²) in [6.45, 7) is 3.18. The van der Waals surface area contributed by atoms with Gasteiger partial charge in [0.2, 0.25) is 0 Å². The first-order valence-corrected chi connectivity index (χ1v) is 21.4. The number of cyclic esters (lactones) is 1. The van der Waals surface area contributed by atoms with E-state index in [1.54, 1.807) is 79.8 Å². The van der Waals surface area contributed by atoms with Gasteiger partial charge in [-0.1, -0.05) is 92.0 Å². The fourth-order valence-corrected chi connectivity index (χ4v) is 7.49. The first-order valence-electron chi connectivity index (χ1n) is 21.4. The van der Waals surface area contributed by atoms with Crippen LogP contribution >= 0.6 is 0 Å². The van der Waals surface area contributed by atoms with Gasteiger partial charge in [0, 0.05) is 38.0 Å². The van der Waals surface area contributed by atoms with Crippen LogP contribution in [0.3, 0.4) is 0 Å². The van der Waals surface area contributed by atoms with Crippen molar-refractivity contribution in [3.63, 3.8) is 0 Å². The van der Waals surface area contributed by atoms with Crippen molar-refractivity contribution in [1.29, 1.82) is 0 Å². The topological polar surface area (TPSA) is 320 Å². The smallest absolute Gasteiger partial charge is 0.311 e. The van der Waals surface area contributed by atoms with E-state index in [-0.39, 0.29) is 44.6 Å². The molecular formula is C45H69NO17. The lowest BCUT2D eigenvalue weighted by Gasteiger charge is -2.45. The van der Waals surface area contributed by atoms with Gasteiger partial charge < -0.3 is 80.9 Å². The maximum absolute atomic E-state index is 12.5. The number of aliphatic hydroxyl groups is 10. The summed E-state index contributed by atoms with van der Waals surface area (Å²) >= 11 is 0. The summed E-state index contributed by atoms with van der Waals surface area (Å²) in [6.07, 6.45) is 4.64. The average Bonchev–Trinajstić information content (AvgIpc) is 3.18. The first-order chi connectivity index (χ1) is 29.8. The number of ether oxygens (including phenoxy) is 4. The lowest BCUT2D eigenvalue weighted by Crippen LogP contribution is -2.59. The molecule has 3 aliphatic heterocycles. The highest BCUT2D eigenvalue weighted by molar-refractivity contribution is 5.71. The molecule has 0 amide bonds. The van der Waals surface area contributed by atoms with Crippen LogP contribution in [0.25, 0.3) is 0 Å². The number of carbonyl (C=O) groups excluding carboxylic acids is 1. The van der Waals surface area contributed by atoms with Gasteiger partial charge in [-0.3, -0.25) is 9.59 Å². The molecule has 0 saturated carbocycles. The molecule has 0 aromatic rings. The minimum absolute atomic E-state index is 0.103. The van der Waals surface area contributed by atoms with E-state index in [2.05, 4.69) is 0 Å². The minimum atomic E-state index is -2.32. The van der Waals surface area contributed by atoms with Crippen LogP contribution in [-0.2, 0) is 28.5 Å². The Bertz CT molecular complexity index is 1600. The van der Waals surface area contributed by atoms with E-state index in [1.807, 2.05) is 13.0 Å². The molecule has 8 unspecified atom stereocenters. The van der Waals surface area contributed by atoms with E-state index in [0.29, 0.717) is 0 Å². The maximum Gasteiger partial charge on any atom is 0.311 e. The summed E-state index contributed by atoms with van der Waals surface area (Å²) in [4.78, 5) is 24.9. The molecule has 0 spiro atoms. The van der Waals surface area contributed by atoms with Gasteiger partial charge >= 0.3 is 11.9 Å². The molecule has 3 rings (SSSR count). The number of hydrogen-bond donors (Lipinski definition) is 12. The number of aliphatic carboxylic acids is 1. The summed E-state index contributed by atoms with van der Waals surface area (Å²) < 4.78 is 22.7. The van der Waals surface area contributed by atoms with E-state index in [9.17, 15) is 65.8 Å². The van der Waals surface area contributed by atoms with Gasteiger partial charge in [0.25, 0.3) is 0 Å². The average molecular weight is 896 g/mol. The zero-order valence-corrected chi connectivity index (χ0v) is 35.8. The van der Waals surface area contributed by atoms with Gasteiger partial charge in [0.05, 0.1) is 80.1 Å². The highest BCUT2D eigenvalue weighted by Crippen LogP contribution is 2.38. The normalized spacial score (nSPS) is 44.2. The Morgan fingerprint density at radius 3 is 1.87 bits per heavy atom. The molecular weight excluding hydrogens is 826 g/mol. The predicted molar refractivity (Wildman–Crippen MR) is 228 cm³/mol. The summed E-state index contributed by atoms with van der Waals surface area (Å²) in [5, 5.41) is 117. The molecule has 0 aliphatic carbocycles. The third-order valence-corrected chi connectivity index (χ3v) is 11.1. The monoisotopic (exact) mass is 895 g/mol. The largest absolute Gasteiger partial charge is 0.481 e. The van der Waals surface area contributed by atoms with Crippen molar-refractivity contribution in [2.45, 2.75) is 163 Å². The molecule has 63 heavy (non-hydrogen) atoms. The van der Waals surface area contributed by atoms with E-state index in [4.69, 9.17) is 24.7 Å². The Morgan fingerprint density at radius 2 is 1.27 bits per heavy atom. The van der Waals surface area contributed by atoms with Crippen LogP contribution in [0.4, 0.5) is 0 Å². The van der Waals surface area contributed by atoms with E-state index >= 15 is 0 Å². The lowest BCUT2D eigenvalue weighted by atomic mass is 9.82. The SMILES string of the molecule is C[C@H]1C[C@H](O)[C@@H](C)/C=C/C=C/C=C/C=C/C=C/C=C/C=C/C(OC2OC[C@@H](O)[C@H](N)[C@@H]2O)C[C@@H]2OC(O)(CC(O)CC(O)C(O)CCC(O)CC(O)CC(=O)O1)C[C@H](O)[C@H]2C(=O)O. The van der Waals surface area contributed by atoms with Crippen molar-refractivity contribution in [3.8, 4) is 0 Å². The molecule has 2 bridgehead atoms. The standard InChI is InChI=1S/C45H69NO17/c1-27-15-13-11-9-7-5-3-4-6-8-10-12-14-16-32(62-44-42(56)41(46)37(54)26-60-44)23-38-40(43(57)58)36(53)25-45(59,63-38)24-31(49)21-35(52)33(50)18-17-29(47)20-30(48)22-39(55)61-28(2)19-34(27)51/h3-16,27-38,40-42,44,47-54,56,59H,17-26,46H2,1-2H3,(H,57,58)/b4-3+,7-5+,8-6+,11-9+,12-10+,15-13+,16-14+/t27-,28-,29?,30?,31?,32?,33?,34-,35?,36-,37+,38-,40+,41-,42-,44?,45?/m0/s1. The summed E-state index contributed by atoms with van der Waals surface area (Å²) in [5.41, 5.74) is 5.92. The van der Waals surface area contributed by atoms with Crippen LogP contribution in [-0.4, -0.2) is 166 Å². The third kappa shape index (κ3) is 19.3. The number of hydrogen-bond acceptors (Lipinski definition) is 17. The molecule has 18 heteroatoms. The van der Waals surface area contributed by atoms with Gasteiger partial charge in [-0.15, -0.1) is 0 Å². The highest BCUT2D eigenvalue weighted by atomic mass is 16.7. The summed E-state index contributed by atoms with van der Waals surface area (Å²) in [5.74, 6) is -6.33. The second-order valence-corrected chi connectivity index (χ2v) is 16.7. The van der Waals surface area contributed by atoms with Crippen molar-refractivity contribution in [2.75, 3.05) is 6.61 Å².